The molecule has 0 radical (unpaired) electrons. The van der Waals surface area contributed by atoms with Gasteiger partial charge in [0.2, 0.25) is 11.8 Å². The average molecular weight is 691 g/mol. The Hall–Kier alpha value is -3.95. The summed E-state index contributed by atoms with van der Waals surface area (Å²) >= 11 is 3.42. The molecule has 0 saturated heterocycles. The Bertz CT molecular complexity index is 1660. The number of benzene rings is 4. The number of aryl methyl sites for hydroxylation is 2. The van der Waals surface area contributed by atoms with E-state index in [1.807, 2.05) is 75.4 Å². The fraction of sp³-hybridized carbons (Fsp3) is 0.278. The molecule has 2 amide bonds. The number of rotatable bonds is 14. The van der Waals surface area contributed by atoms with E-state index in [9.17, 15) is 18.0 Å². The van der Waals surface area contributed by atoms with Crippen LogP contribution in [-0.4, -0.2) is 44.3 Å². The van der Waals surface area contributed by atoms with Gasteiger partial charge in [-0.05, 0) is 67.8 Å². The topological polar surface area (TPSA) is 86.8 Å². The molecule has 0 fully saturated rings. The van der Waals surface area contributed by atoms with Crippen molar-refractivity contribution >= 4 is 43.5 Å². The highest BCUT2D eigenvalue weighted by atomic mass is 79.9. The molecule has 1 atom stereocenters. The predicted octanol–water partition coefficient (Wildman–Crippen LogP) is 6.82. The first-order valence-electron chi connectivity index (χ1n) is 15.1. The molecule has 0 spiro atoms. The van der Waals surface area contributed by atoms with Crippen LogP contribution in [0.15, 0.2) is 112 Å². The molecule has 9 heteroatoms. The van der Waals surface area contributed by atoms with Gasteiger partial charge >= 0.3 is 0 Å². The normalized spacial score (nSPS) is 11.9. The molecule has 4 aromatic rings. The molecule has 0 bridgehead atoms. The zero-order valence-electron chi connectivity index (χ0n) is 25.9. The minimum absolute atomic E-state index is 0.0760. The highest BCUT2D eigenvalue weighted by Gasteiger charge is 2.34. The number of nitrogens with zero attached hydrogens (tertiary/aromatic N) is 2. The van der Waals surface area contributed by atoms with Crippen LogP contribution in [0.2, 0.25) is 0 Å². The maximum absolute atomic E-state index is 14.5. The van der Waals surface area contributed by atoms with E-state index in [-0.39, 0.29) is 23.8 Å². The Balaban J connectivity index is 1.78. The van der Waals surface area contributed by atoms with Gasteiger partial charge in [0, 0.05) is 24.0 Å². The van der Waals surface area contributed by atoms with Crippen molar-refractivity contribution in [3.05, 3.63) is 130 Å². The number of nitrogens with one attached hydrogen (secondary N) is 1. The van der Waals surface area contributed by atoms with Crippen molar-refractivity contribution in [3.63, 3.8) is 0 Å². The van der Waals surface area contributed by atoms with Crippen molar-refractivity contribution in [1.82, 2.24) is 10.2 Å². The molecular formula is C36H40BrN3O4S. The van der Waals surface area contributed by atoms with Crippen molar-refractivity contribution in [2.45, 2.75) is 57.5 Å². The van der Waals surface area contributed by atoms with Gasteiger partial charge in [-0.3, -0.25) is 13.9 Å². The van der Waals surface area contributed by atoms with E-state index in [0.29, 0.717) is 12.2 Å². The number of sulfonamides is 1. The monoisotopic (exact) mass is 689 g/mol. The Morgan fingerprint density at radius 1 is 0.800 bits per heavy atom. The summed E-state index contributed by atoms with van der Waals surface area (Å²) in [5.41, 5.74) is 4.06. The van der Waals surface area contributed by atoms with Crippen LogP contribution in [0, 0.1) is 13.8 Å². The van der Waals surface area contributed by atoms with Gasteiger partial charge in [0.05, 0.1) is 10.6 Å². The zero-order valence-corrected chi connectivity index (χ0v) is 28.4. The number of hydrogen-bond acceptors (Lipinski definition) is 4. The second-order valence-electron chi connectivity index (χ2n) is 11.2. The Labute approximate surface area is 275 Å². The standard InChI is InChI=1S/C36H40BrN3O4S/c1-4-5-23-38-36(42)34(24-29-9-7-6-8-10-29)39(25-30-15-11-27(2)12-16-30)35(41)26-40(32-19-17-31(37)18-20-32)45(43,44)33-21-13-28(3)14-22-33/h6-22,34H,4-5,23-26H2,1-3H3,(H,38,42). The summed E-state index contributed by atoms with van der Waals surface area (Å²) in [6.07, 6.45) is 2.00. The molecule has 0 aliphatic carbocycles. The third kappa shape index (κ3) is 9.28. The van der Waals surface area contributed by atoms with Crippen LogP contribution in [0.5, 0.6) is 0 Å². The first kappa shape index (κ1) is 33.9. The highest BCUT2D eigenvalue weighted by Crippen LogP contribution is 2.27. The quantitative estimate of drug-likeness (QED) is 0.147. The maximum atomic E-state index is 14.5. The number of amides is 2. The molecule has 0 aromatic heterocycles. The summed E-state index contributed by atoms with van der Waals surface area (Å²) in [5, 5.41) is 3.02. The number of hydrogen-bond donors (Lipinski definition) is 1. The fourth-order valence-electron chi connectivity index (χ4n) is 4.92. The van der Waals surface area contributed by atoms with Crippen LogP contribution in [0.3, 0.4) is 0 Å². The first-order valence-corrected chi connectivity index (χ1v) is 17.3. The second-order valence-corrected chi connectivity index (χ2v) is 13.9. The van der Waals surface area contributed by atoms with Crippen LogP contribution < -0.4 is 9.62 Å². The molecule has 7 nitrogen and oxygen atoms in total. The Morgan fingerprint density at radius 3 is 2.00 bits per heavy atom. The van der Waals surface area contributed by atoms with E-state index >= 15 is 0 Å². The van der Waals surface area contributed by atoms with Crippen LogP contribution in [0.4, 0.5) is 5.69 Å². The zero-order chi connectivity index (χ0) is 32.4. The van der Waals surface area contributed by atoms with Gasteiger partial charge < -0.3 is 10.2 Å². The summed E-state index contributed by atoms with van der Waals surface area (Å²) in [4.78, 5) is 29.9. The molecule has 1 N–H and O–H groups in total. The summed E-state index contributed by atoms with van der Waals surface area (Å²) < 4.78 is 30.1. The van der Waals surface area contributed by atoms with Gasteiger partial charge in [-0.15, -0.1) is 0 Å². The summed E-state index contributed by atoms with van der Waals surface area (Å²) in [5.74, 6) is -0.759. The average Bonchev–Trinajstić information content (AvgIpc) is 3.03. The minimum atomic E-state index is -4.14. The number of unbranched alkanes of at least 4 members (excludes halogenated alkanes) is 1. The second kappa shape index (κ2) is 15.9. The van der Waals surface area contributed by atoms with Gasteiger partial charge in [-0.1, -0.05) is 107 Å². The van der Waals surface area contributed by atoms with E-state index in [1.54, 1.807) is 48.5 Å². The number of carbonyl (C=O) groups excluding carboxylic acids is 2. The molecule has 0 heterocycles. The van der Waals surface area contributed by atoms with Crippen LogP contribution in [-0.2, 0) is 32.6 Å². The first-order chi connectivity index (χ1) is 21.6. The number of carbonyl (C=O) groups is 2. The SMILES string of the molecule is CCCCNC(=O)C(Cc1ccccc1)N(Cc1ccc(C)cc1)C(=O)CN(c1ccc(Br)cc1)S(=O)(=O)c1ccc(C)cc1. The van der Waals surface area contributed by atoms with Gasteiger partial charge in [-0.2, -0.15) is 0 Å². The summed E-state index contributed by atoms with van der Waals surface area (Å²) in [6.45, 7) is 6.05. The molecule has 4 aromatic carbocycles. The van der Waals surface area contributed by atoms with Crippen molar-refractivity contribution < 1.29 is 18.0 Å². The number of halogens is 1. The lowest BCUT2D eigenvalue weighted by atomic mass is 10.0. The Morgan fingerprint density at radius 2 is 1.40 bits per heavy atom. The van der Waals surface area contributed by atoms with Crippen molar-refractivity contribution in [1.29, 1.82) is 0 Å². The van der Waals surface area contributed by atoms with Crippen LogP contribution >= 0.6 is 15.9 Å². The van der Waals surface area contributed by atoms with Gasteiger partial charge in [0.25, 0.3) is 10.0 Å². The third-order valence-electron chi connectivity index (χ3n) is 7.58. The molecule has 45 heavy (non-hydrogen) atoms. The van der Waals surface area contributed by atoms with E-state index in [1.165, 1.54) is 4.90 Å². The van der Waals surface area contributed by atoms with Crippen molar-refractivity contribution in [3.8, 4) is 0 Å². The molecule has 236 valence electrons. The van der Waals surface area contributed by atoms with Gasteiger partial charge in [0.15, 0.2) is 0 Å². The highest BCUT2D eigenvalue weighted by molar-refractivity contribution is 9.10. The summed E-state index contributed by atoms with van der Waals surface area (Å²) in [6, 6.07) is 29.8. The van der Waals surface area contributed by atoms with Crippen LogP contribution in [0.1, 0.15) is 42.0 Å². The lowest BCUT2D eigenvalue weighted by molar-refractivity contribution is -0.140. The van der Waals surface area contributed by atoms with E-state index in [2.05, 4.69) is 21.2 Å². The smallest absolute Gasteiger partial charge is 0.264 e. The molecular weight excluding hydrogens is 650 g/mol. The van der Waals surface area contributed by atoms with Gasteiger partial charge in [-0.25, -0.2) is 8.42 Å². The molecule has 4 rings (SSSR count). The van der Waals surface area contributed by atoms with E-state index in [4.69, 9.17) is 0 Å². The Kier molecular flexibility index (Phi) is 12.0. The van der Waals surface area contributed by atoms with E-state index < -0.39 is 28.5 Å². The molecule has 0 saturated carbocycles. The predicted molar refractivity (Wildman–Crippen MR) is 183 cm³/mol. The molecule has 0 aliphatic heterocycles. The lowest BCUT2D eigenvalue weighted by Crippen LogP contribution is -2.53. The fourth-order valence-corrected chi connectivity index (χ4v) is 6.60. The molecule has 1 unspecified atom stereocenters. The maximum Gasteiger partial charge on any atom is 0.264 e. The van der Waals surface area contributed by atoms with Crippen molar-refractivity contribution in [2.75, 3.05) is 17.4 Å². The van der Waals surface area contributed by atoms with Crippen molar-refractivity contribution in [2.24, 2.45) is 0 Å². The van der Waals surface area contributed by atoms with Crippen LogP contribution in [0.25, 0.3) is 0 Å². The van der Waals surface area contributed by atoms with E-state index in [0.717, 1.165) is 43.9 Å². The third-order valence-corrected chi connectivity index (χ3v) is 9.89. The minimum Gasteiger partial charge on any atom is -0.354 e. The number of anilines is 1. The summed E-state index contributed by atoms with van der Waals surface area (Å²) in [7, 11) is -4.14. The molecule has 0 aliphatic rings. The largest absolute Gasteiger partial charge is 0.354 e. The lowest BCUT2D eigenvalue weighted by Gasteiger charge is -2.34. The van der Waals surface area contributed by atoms with Gasteiger partial charge in [0.1, 0.15) is 12.6 Å².